The highest BCUT2D eigenvalue weighted by Crippen LogP contribution is 2.41. The van der Waals surface area contributed by atoms with Crippen LogP contribution in [0.3, 0.4) is 0 Å². The van der Waals surface area contributed by atoms with Crippen LogP contribution in [0.15, 0.2) is 131 Å². The molecule has 0 saturated carbocycles. The fourth-order valence-corrected chi connectivity index (χ4v) is 5.24. The smallest absolute Gasteiger partial charge is 0.338 e. The Hall–Kier alpha value is -5.25. The van der Waals surface area contributed by atoms with Gasteiger partial charge in [-0.1, -0.05) is 72.8 Å². The second-order valence-corrected chi connectivity index (χ2v) is 10.4. The number of hydrogen-bond acceptors (Lipinski definition) is 7. The molecular weight excluding hydrogens is 584 g/mol. The first-order valence-electron chi connectivity index (χ1n) is 14.7. The summed E-state index contributed by atoms with van der Waals surface area (Å²) in [7, 11) is 3.24. The molecule has 235 valence electrons. The number of aromatic nitrogens is 2. The summed E-state index contributed by atoms with van der Waals surface area (Å²) in [6, 6.07) is 34.6. The molecule has 1 radical (unpaired) electrons. The first-order chi connectivity index (χ1) is 22.4. The van der Waals surface area contributed by atoms with E-state index in [0.29, 0.717) is 16.1 Å². The highest BCUT2D eigenvalue weighted by Gasteiger charge is 2.38. The molecule has 0 amide bonds. The SMILES string of the molecule is [CH2][C@H](COC(c1ccccc1)(c1ccc(OC)cc1)c1ccc(OC)cc1)OCCn1ccc(=O)n(C(=O)c2ccccc2)c1=O. The zero-order valence-corrected chi connectivity index (χ0v) is 25.7. The maximum atomic E-state index is 13.1. The highest BCUT2D eigenvalue weighted by molar-refractivity contribution is 5.95. The van der Waals surface area contributed by atoms with Gasteiger partial charge < -0.3 is 18.9 Å². The van der Waals surface area contributed by atoms with Crippen molar-refractivity contribution in [3.05, 3.63) is 171 Å². The summed E-state index contributed by atoms with van der Waals surface area (Å²) in [6.45, 7) is 4.41. The normalized spacial score (nSPS) is 12.0. The summed E-state index contributed by atoms with van der Waals surface area (Å²) in [5, 5.41) is 0. The molecule has 1 aromatic heterocycles. The molecule has 0 N–H and O–H groups in total. The van der Waals surface area contributed by atoms with E-state index < -0.39 is 28.9 Å². The predicted molar refractivity (Wildman–Crippen MR) is 174 cm³/mol. The Morgan fingerprint density at radius 1 is 0.739 bits per heavy atom. The number of hydrogen-bond donors (Lipinski definition) is 0. The zero-order chi connectivity index (χ0) is 32.5. The molecule has 0 saturated heterocycles. The topological polar surface area (TPSA) is 98.0 Å². The summed E-state index contributed by atoms with van der Waals surface area (Å²) in [5.74, 6) is 0.736. The van der Waals surface area contributed by atoms with Gasteiger partial charge in [0.2, 0.25) is 0 Å². The van der Waals surface area contributed by atoms with E-state index >= 15 is 0 Å². The van der Waals surface area contributed by atoms with Crippen molar-refractivity contribution in [3.8, 4) is 11.5 Å². The molecule has 1 atom stereocenters. The molecule has 9 nitrogen and oxygen atoms in total. The van der Waals surface area contributed by atoms with E-state index in [1.54, 1.807) is 44.6 Å². The van der Waals surface area contributed by atoms with E-state index in [-0.39, 0.29) is 25.3 Å². The number of carbonyl (C=O) groups is 1. The predicted octanol–water partition coefficient (Wildman–Crippen LogP) is 4.94. The summed E-state index contributed by atoms with van der Waals surface area (Å²) >= 11 is 0. The van der Waals surface area contributed by atoms with E-state index in [1.807, 2.05) is 78.9 Å². The average molecular weight is 620 g/mol. The molecule has 9 heteroatoms. The van der Waals surface area contributed by atoms with Crippen LogP contribution in [0.2, 0.25) is 0 Å². The second-order valence-electron chi connectivity index (χ2n) is 10.4. The number of carbonyl (C=O) groups excluding carboxylic acids is 1. The van der Waals surface area contributed by atoms with Gasteiger partial charge >= 0.3 is 5.69 Å². The molecule has 5 rings (SSSR count). The van der Waals surface area contributed by atoms with Gasteiger partial charge in [0.15, 0.2) is 0 Å². The lowest BCUT2D eigenvalue weighted by Gasteiger charge is -2.37. The van der Waals surface area contributed by atoms with Gasteiger partial charge in [0.25, 0.3) is 11.5 Å². The number of benzene rings is 4. The number of ether oxygens (including phenoxy) is 4. The largest absolute Gasteiger partial charge is 0.497 e. The molecule has 4 aromatic carbocycles. The van der Waals surface area contributed by atoms with Crippen LogP contribution in [-0.4, -0.2) is 48.6 Å². The monoisotopic (exact) mass is 619 g/mol. The van der Waals surface area contributed by atoms with Gasteiger partial charge in [0.05, 0.1) is 40.1 Å². The quantitative estimate of drug-likeness (QED) is 0.172. The lowest BCUT2D eigenvalue weighted by molar-refractivity contribution is -0.0508. The molecule has 0 aliphatic heterocycles. The van der Waals surface area contributed by atoms with Crippen LogP contribution in [0.25, 0.3) is 0 Å². The van der Waals surface area contributed by atoms with Gasteiger partial charge in [0, 0.05) is 17.8 Å². The Bertz CT molecular complexity index is 1800. The summed E-state index contributed by atoms with van der Waals surface area (Å²) in [4.78, 5) is 38.4. The standard InChI is InChI=1S/C37H35N2O7/c1-27(45-25-24-38-23-22-34(40)39(36(38)42)35(41)28-10-6-4-7-11-28)26-46-37(29-12-8-5-9-13-29,30-14-18-32(43-2)19-15-30)31-16-20-33(44-3)21-17-31/h4-23,27H,1,24-26H2,2-3H3/t27-/m1/s1. The van der Waals surface area contributed by atoms with Crippen molar-refractivity contribution < 1.29 is 23.7 Å². The number of methoxy groups -OCH3 is 2. The first-order valence-corrected chi connectivity index (χ1v) is 14.7. The number of rotatable bonds is 13. The van der Waals surface area contributed by atoms with Crippen LogP contribution in [0.1, 0.15) is 27.0 Å². The Balaban J connectivity index is 1.37. The maximum Gasteiger partial charge on any atom is 0.338 e. The minimum atomic E-state index is -1.04. The highest BCUT2D eigenvalue weighted by atomic mass is 16.5. The third-order valence-electron chi connectivity index (χ3n) is 7.62. The van der Waals surface area contributed by atoms with Gasteiger partial charge in [0.1, 0.15) is 17.1 Å². The van der Waals surface area contributed by atoms with Crippen molar-refractivity contribution in [2.45, 2.75) is 18.2 Å². The van der Waals surface area contributed by atoms with Crippen LogP contribution < -0.4 is 20.7 Å². The van der Waals surface area contributed by atoms with E-state index in [2.05, 4.69) is 6.92 Å². The van der Waals surface area contributed by atoms with Gasteiger partial charge in [-0.2, -0.15) is 4.57 Å². The van der Waals surface area contributed by atoms with Gasteiger partial charge in [-0.05, 0) is 60.0 Å². The summed E-state index contributed by atoms with van der Waals surface area (Å²) < 4.78 is 25.5. The van der Waals surface area contributed by atoms with E-state index in [9.17, 15) is 14.4 Å². The fraction of sp³-hybridized carbons (Fsp3) is 0.189. The maximum absolute atomic E-state index is 13.1. The van der Waals surface area contributed by atoms with Gasteiger partial charge in [-0.25, -0.2) is 4.79 Å². The number of nitrogens with zero attached hydrogens (tertiary/aromatic N) is 2. The van der Waals surface area contributed by atoms with Crippen molar-refractivity contribution in [2.24, 2.45) is 0 Å². The van der Waals surface area contributed by atoms with E-state index in [4.69, 9.17) is 18.9 Å². The molecule has 0 aliphatic rings. The first kappa shape index (κ1) is 32.2. The van der Waals surface area contributed by atoms with Crippen LogP contribution in [-0.2, 0) is 21.6 Å². The Morgan fingerprint density at radius 2 is 1.26 bits per heavy atom. The molecule has 0 spiro atoms. The van der Waals surface area contributed by atoms with Gasteiger partial charge in [-0.3, -0.25) is 14.2 Å². The second kappa shape index (κ2) is 14.7. The van der Waals surface area contributed by atoms with Crippen LogP contribution in [0.4, 0.5) is 0 Å². The van der Waals surface area contributed by atoms with E-state index in [0.717, 1.165) is 16.7 Å². The van der Waals surface area contributed by atoms with Crippen molar-refractivity contribution in [2.75, 3.05) is 27.4 Å². The molecule has 0 bridgehead atoms. The minimum Gasteiger partial charge on any atom is -0.497 e. The summed E-state index contributed by atoms with van der Waals surface area (Å²) in [6.07, 6.45) is 0.720. The molecule has 5 aromatic rings. The Labute approximate surface area is 267 Å². The van der Waals surface area contributed by atoms with Crippen molar-refractivity contribution in [1.82, 2.24) is 9.13 Å². The Kier molecular flexibility index (Phi) is 10.3. The average Bonchev–Trinajstić information content (AvgIpc) is 3.11. The summed E-state index contributed by atoms with van der Waals surface area (Å²) in [5.41, 5.74) is 0.388. The van der Waals surface area contributed by atoms with Gasteiger partial charge in [-0.15, -0.1) is 0 Å². The lowest BCUT2D eigenvalue weighted by atomic mass is 9.80. The van der Waals surface area contributed by atoms with Crippen LogP contribution in [0, 0.1) is 6.92 Å². The van der Waals surface area contributed by atoms with Crippen LogP contribution >= 0.6 is 0 Å². The third-order valence-corrected chi connectivity index (χ3v) is 7.62. The molecule has 0 aliphatic carbocycles. The minimum absolute atomic E-state index is 0.0819. The molecule has 0 fully saturated rings. The fourth-order valence-electron chi connectivity index (χ4n) is 5.24. The van der Waals surface area contributed by atoms with E-state index in [1.165, 1.54) is 16.8 Å². The Morgan fingerprint density at radius 3 is 1.80 bits per heavy atom. The molecule has 0 unspecified atom stereocenters. The van der Waals surface area contributed by atoms with Crippen LogP contribution in [0.5, 0.6) is 11.5 Å². The third kappa shape index (κ3) is 6.86. The van der Waals surface area contributed by atoms with Crippen molar-refractivity contribution in [1.29, 1.82) is 0 Å². The molecular formula is C37H35N2O7. The molecule has 1 heterocycles. The molecule has 46 heavy (non-hydrogen) atoms. The zero-order valence-electron chi connectivity index (χ0n) is 25.7. The van der Waals surface area contributed by atoms with Crippen molar-refractivity contribution in [3.63, 3.8) is 0 Å². The van der Waals surface area contributed by atoms with Crippen molar-refractivity contribution >= 4 is 5.91 Å². The lowest BCUT2D eigenvalue weighted by Crippen LogP contribution is -2.43.